The summed E-state index contributed by atoms with van der Waals surface area (Å²) in [5.74, 6) is 0.984. The van der Waals surface area contributed by atoms with E-state index >= 15 is 0 Å². The third kappa shape index (κ3) is 5.10. The smallest absolute Gasteiger partial charge is 0.217 e. The number of hydrogen-bond donors (Lipinski definition) is 1. The van der Waals surface area contributed by atoms with Crippen LogP contribution < -0.4 is 6.15 Å². The molecule has 1 rings (SSSR count). The van der Waals surface area contributed by atoms with Crippen molar-refractivity contribution in [1.82, 2.24) is 16.0 Å². The second kappa shape index (κ2) is 8.16. The van der Waals surface area contributed by atoms with Gasteiger partial charge in [0.15, 0.2) is 0 Å². The summed E-state index contributed by atoms with van der Waals surface area (Å²) in [5, 5.41) is 0. The van der Waals surface area contributed by atoms with Crippen molar-refractivity contribution in [2.45, 2.75) is 33.7 Å². The number of rotatable bonds is 6. The Balaban J connectivity index is 0.00000289. The van der Waals surface area contributed by atoms with Crippen LogP contribution in [0.3, 0.4) is 0 Å². The number of nitrogens with zero attached hydrogens (tertiary/aromatic N) is 2. The molecule has 0 aromatic carbocycles. The molecule has 18 heavy (non-hydrogen) atoms. The van der Waals surface area contributed by atoms with Crippen molar-refractivity contribution < 1.29 is 4.39 Å². The van der Waals surface area contributed by atoms with E-state index in [1.165, 1.54) is 6.20 Å². The zero-order chi connectivity index (χ0) is 12.8. The molecule has 1 aromatic heterocycles. The number of hydrogen-bond acceptors (Lipinski definition) is 3. The van der Waals surface area contributed by atoms with Gasteiger partial charge >= 0.3 is 0 Å². The van der Waals surface area contributed by atoms with E-state index in [0.29, 0.717) is 23.9 Å². The van der Waals surface area contributed by atoms with Gasteiger partial charge in [0.05, 0.1) is 0 Å². The Labute approximate surface area is 110 Å². The summed E-state index contributed by atoms with van der Waals surface area (Å²) >= 11 is 0. The zero-order valence-electron chi connectivity index (χ0n) is 12.0. The maximum atomic E-state index is 13.4. The van der Waals surface area contributed by atoms with Crippen molar-refractivity contribution >= 4 is 0 Å². The summed E-state index contributed by atoms with van der Waals surface area (Å²) in [4.78, 5) is 5.85. The normalized spacial score (nSPS) is 12.6. The fourth-order valence-corrected chi connectivity index (χ4v) is 2.10. The minimum absolute atomic E-state index is 0. The Bertz CT molecular complexity index is 342. The SMILES string of the molecule is CC[C@H](CN(C)Cc1cccnc1F)C(C)C.N. The predicted molar refractivity (Wildman–Crippen MR) is 74.2 cm³/mol. The summed E-state index contributed by atoms with van der Waals surface area (Å²) in [6, 6.07) is 3.58. The van der Waals surface area contributed by atoms with Gasteiger partial charge < -0.3 is 11.1 Å². The molecule has 0 aliphatic heterocycles. The van der Waals surface area contributed by atoms with Gasteiger partial charge in [-0.25, -0.2) is 4.98 Å². The van der Waals surface area contributed by atoms with E-state index in [9.17, 15) is 4.39 Å². The second-order valence-electron chi connectivity index (χ2n) is 5.06. The van der Waals surface area contributed by atoms with E-state index in [-0.39, 0.29) is 12.1 Å². The molecule has 0 amide bonds. The van der Waals surface area contributed by atoms with Crippen LogP contribution >= 0.6 is 0 Å². The zero-order valence-corrected chi connectivity index (χ0v) is 12.0. The first-order chi connectivity index (χ1) is 8.04. The van der Waals surface area contributed by atoms with Gasteiger partial charge in [-0.05, 0) is 24.9 Å². The summed E-state index contributed by atoms with van der Waals surface area (Å²) < 4.78 is 13.4. The van der Waals surface area contributed by atoms with Gasteiger partial charge in [-0.2, -0.15) is 4.39 Å². The molecule has 0 unspecified atom stereocenters. The van der Waals surface area contributed by atoms with E-state index in [2.05, 4.69) is 30.7 Å². The minimum atomic E-state index is -0.350. The van der Waals surface area contributed by atoms with Crippen LogP contribution in [0.15, 0.2) is 18.3 Å². The van der Waals surface area contributed by atoms with Crippen LogP contribution in [0, 0.1) is 17.8 Å². The van der Waals surface area contributed by atoms with Crippen LogP contribution in [0.2, 0.25) is 0 Å². The Morgan fingerprint density at radius 1 is 1.39 bits per heavy atom. The van der Waals surface area contributed by atoms with Crippen molar-refractivity contribution in [2.75, 3.05) is 13.6 Å². The topological polar surface area (TPSA) is 51.1 Å². The number of aromatic nitrogens is 1. The lowest BCUT2D eigenvalue weighted by molar-refractivity contribution is 0.222. The van der Waals surface area contributed by atoms with E-state index in [0.717, 1.165) is 13.0 Å². The van der Waals surface area contributed by atoms with E-state index in [4.69, 9.17) is 0 Å². The van der Waals surface area contributed by atoms with Crippen molar-refractivity contribution in [2.24, 2.45) is 11.8 Å². The third-order valence-corrected chi connectivity index (χ3v) is 3.29. The Morgan fingerprint density at radius 2 is 2.06 bits per heavy atom. The lowest BCUT2D eigenvalue weighted by atomic mass is 9.93. The van der Waals surface area contributed by atoms with Crippen molar-refractivity contribution in [3.63, 3.8) is 0 Å². The molecule has 0 bridgehead atoms. The maximum absolute atomic E-state index is 13.4. The molecule has 0 fully saturated rings. The monoisotopic (exact) mass is 255 g/mol. The molecule has 1 atom stereocenters. The highest BCUT2D eigenvalue weighted by Crippen LogP contribution is 2.17. The average molecular weight is 255 g/mol. The van der Waals surface area contributed by atoms with Crippen LogP contribution in [0.4, 0.5) is 4.39 Å². The van der Waals surface area contributed by atoms with Crippen molar-refractivity contribution in [3.05, 3.63) is 29.8 Å². The predicted octanol–water partition coefficient (Wildman–Crippen LogP) is 3.50. The molecule has 1 heterocycles. The van der Waals surface area contributed by atoms with Crippen LogP contribution in [0.5, 0.6) is 0 Å². The van der Waals surface area contributed by atoms with E-state index < -0.39 is 0 Å². The third-order valence-electron chi connectivity index (χ3n) is 3.29. The molecule has 0 saturated heterocycles. The summed E-state index contributed by atoms with van der Waals surface area (Å²) in [5.41, 5.74) is 0.675. The lowest BCUT2D eigenvalue weighted by Crippen LogP contribution is -2.28. The van der Waals surface area contributed by atoms with Crippen LogP contribution in [-0.2, 0) is 6.54 Å². The second-order valence-corrected chi connectivity index (χ2v) is 5.06. The van der Waals surface area contributed by atoms with Gasteiger partial charge in [0.25, 0.3) is 0 Å². The van der Waals surface area contributed by atoms with Crippen LogP contribution in [0.1, 0.15) is 32.8 Å². The Kier molecular flexibility index (Phi) is 7.71. The highest BCUT2D eigenvalue weighted by atomic mass is 19.1. The first kappa shape index (κ1) is 17.0. The number of halogens is 1. The van der Waals surface area contributed by atoms with Gasteiger partial charge in [-0.3, -0.25) is 0 Å². The molecule has 3 N–H and O–H groups in total. The maximum Gasteiger partial charge on any atom is 0.217 e. The average Bonchev–Trinajstić information content (AvgIpc) is 2.28. The van der Waals surface area contributed by atoms with Gasteiger partial charge in [0.1, 0.15) is 0 Å². The molecule has 0 spiro atoms. The number of pyridine rings is 1. The fraction of sp³-hybridized carbons (Fsp3) is 0.643. The highest BCUT2D eigenvalue weighted by Gasteiger charge is 2.14. The van der Waals surface area contributed by atoms with Crippen LogP contribution in [-0.4, -0.2) is 23.5 Å². The molecule has 0 aliphatic carbocycles. The summed E-state index contributed by atoms with van der Waals surface area (Å²) in [6.45, 7) is 8.33. The standard InChI is InChI=1S/C14H23FN2.H3N/c1-5-12(11(2)3)9-17(4)10-13-7-6-8-16-14(13)15;/h6-8,11-12H,5,9-10H2,1-4H3;1H3/t12-;/m1./s1. The molecule has 4 heteroatoms. The molecule has 0 aliphatic rings. The van der Waals surface area contributed by atoms with Crippen molar-refractivity contribution in [1.29, 1.82) is 0 Å². The molecule has 1 aromatic rings. The van der Waals surface area contributed by atoms with Gasteiger partial charge in [-0.15, -0.1) is 0 Å². The van der Waals surface area contributed by atoms with Gasteiger partial charge in [-0.1, -0.05) is 33.3 Å². The Morgan fingerprint density at radius 3 is 2.56 bits per heavy atom. The lowest BCUT2D eigenvalue weighted by Gasteiger charge is -2.25. The van der Waals surface area contributed by atoms with Crippen LogP contribution in [0.25, 0.3) is 0 Å². The Hall–Kier alpha value is -1.00. The van der Waals surface area contributed by atoms with Gasteiger partial charge in [0, 0.05) is 24.8 Å². The van der Waals surface area contributed by atoms with Crippen molar-refractivity contribution in [3.8, 4) is 0 Å². The quantitative estimate of drug-likeness (QED) is 0.791. The summed E-state index contributed by atoms with van der Waals surface area (Å²) in [7, 11) is 2.04. The molecular formula is C14H26FN3. The van der Waals surface area contributed by atoms with E-state index in [1.807, 2.05) is 7.05 Å². The molecular weight excluding hydrogens is 229 g/mol. The fourth-order valence-electron chi connectivity index (χ4n) is 2.10. The molecule has 0 radical (unpaired) electrons. The first-order valence-electron chi connectivity index (χ1n) is 6.32. The highest BCUT2D eigenvalue weighted by molar-refractivity contribution is 5.10. The molecule has 3 nitrogen and oxygen atoms in total. The minimum Gasteiger partial charge on any atom is -0.344 e. The molecule has 104 valence electrons. The van der Waals surface area contributed by atoms with E-state index in [1.54, 1.807) is 12.1 Å². The summed E-state index contributed by atoms with van der Waals surface area (Å²) in [6.07, 6.45) is 2.65. The largest absolute Gasteiger partial charge is 0.344 e. The van der Waals surface area contributed by atoms with Gasteiger partial charge in [0.2, 0.25) is 5.95 Å². The first-order valence-corrected chi connectivity index (χ1v) is 6.32. The molecule has 0 saturated carbocycles.